The van der Waals surface area contributed by atoms with Gasteiger partial charge in [0.15, 0.2) is 0 Å². The molecule has 8 nitrogen and oxygen atoms in total. The molecular weight excluding hydrogens is 216 g/mol. The van der Waals surface area contributed by atoms with Crippen molar-refractivity contribution in [1.29, 1.82) is 0 Å². The van der Waals surface area contributed by atoms with Gasteiger partial charge in [-0.15, -0.1) is 0 Å². The molecule has 16 heavy (non-hydrogen) atoms. The van der Waals surface area contributed by atoms with Gasteiger partial charge >= 0.3 is 11.9 Å². The topological polar surface area (TPSA) is 113 Å². The van der Waals surface area contributed by atoms with Gasteiger partial charge < -0.3 is 9.47 Å². The van der Waals surface area contributed by atoms with Crippen LogP contribution < -0.4 is 5.32 Å². The van der Waals surface area contributed by atoms with Crippen molar-refractivity contribution in [2.75, 3.05) is 26.8 Å². The molecule has 0 amide bonds. The van der Waals surface area contributed by atoms with Gasteiger partial charge in [0.2, 0.25) is 0 Å². The first-order chi connectivity index (χ1) is 7.65. The molecule has 0 aliphatic heterocycles. The number of carbonyl (C=O) groups excluding carboxylic acids is 2. The summed E-state index contributed by atoms with van der Waals surface area (Å²) in [6, 6.07) is -0.842. The first kappa shape index (κ1) is 14.2. The molecule has 0 heterocycles. The van der Waals surface area contributed by atoms with Gasteiger partial charge in [0.25, 0.3) is 0 Å². The smallest absolute Gasteiger partial charge is 0.323 e. The molecule has 1 N–H and O–H groups in total. The van der Waals surface area contributed by atoms with Crippen LogP contribution in [0.15, 0.2) is 5.11 Å². The van der Waals surface area contributed by atoms with E-state index in [0.29, 0.717) is 0 Å². The highest BCUT2D eigenvalue weighted by molar-refractivity contribution is 5.77. The fourth-order valence-corrected chi connectivity index (χ4v) is 0.901. The predicted molar refractivity (Wildman–Crippen MR) is 54.5 cm³/mol. The van der Waals surface area contributed by atoms with Crippen molar-refractivity contribution in [3.63, 3.8) is 0 Å². The van der Waals surface area contributed by atoms with Crippen LogP contribution in [0.25, 0.3) is 10.4 Å². The van der Waals surface area contributed by atoms with Gasteiger partial charge in [-0.3, -0.25) is 14.9 Å². The maximum absolute atomic E-state index is 11.2. The number of nitrogens with zero attached hydrogens (tertiary/aromatic N) is 3. The zero-order valence-corrected chi connectivity index (χ0v) is 9.17. The summed E-state index contributed by atoms with van der Waals surface area (Å²) in [6.07, 6.45) is 0. The molecule has 0 radical (unpaired) electrons. The van der Waals surface area contributed by atoms with E-state index in [4.69, 9.17) is 5.53 Å². The van der Waals surface area contributed by atoms with Crippen LogP contribution in [0.4, 0.5) is 0 Å². The minimum absolute atomic E-state index is 0.122. The highest BCUT2D eigenvalue weighted by Crippen LogP contribution is 1.90. The predicted octanol–water partition coefficient (Wildman–Crippen LogP) is -0.00900. The number of carbonyl (C=O) groups is 2. The summed E-state index contributed by atoms with van der Waals surface area (Å²) in [7, 11) is 1.21. The molecule has 0 fully saturated rings. The second-order valence-electron chi connectivity index (χ2n) is 2.68. The van der Waals surface area contributed by atoms with Gasteiger partial charge in [0.1, 0.15) is 6.04 Å². The molecule has 0 unspecified atom stereocenters. The van der Waals surface area contributed by atoms with Crippen molar-refractivity contribution in [3.8, 4) is 0 Å². The second-order valence-corrected chi connectivity index (χ2v) is 2.68. The van der Waals surface area contributed by atoms with Crippen LogP contribution in [-0.4, -0.2) is 44.8 Å². The van der Waals surface area contributed by atoms with Crippen molar-refractivity contribution < 1.29 is 19.1 Å². The Balaban J connectivity index is 4.15. The van der Waals surface area contributed by atoms with Gasteiger partial charge in [0, 0.05) is 4.91 Å². The Bertz CT molecular complexity index is 288. The second kappa shape index (κ2) is 8.51. The summed E-state index contributed by atoms with van der Waals surface area (Å²) >= 11 is 0. The number of nitrogens with one attached hydrogen (secondary N) is 1. The number of hydrogen-bond acceptors (Lipinski definition) is 6. The lowest BCUT2D eigenvalue weighted by molar-refractivity contribution is -0.144. The minimum atomic E-state index is -0.842. The molecule has 0 aliphatic carbocycles. The molecule has 0 rings (SSSR count). The number of azide groups is 1. The molecule has 1 atom stereocenters. The average Bonchev–Trinajstić information content (AvgIpc) is 2.28. The fraction of sp³-hybridized carbons (Fsp3) is 0.750. The Labute approximate surface area is 92.5 Å². The summed E-state index contributed by atoms with van der Waals surface area (Å²) in [5, 5.41) is 5.81. The molecular formula is C8H14N4O4. The molecule has 0 aromatic carbocycles. The molecule has 0 aromatic heterocycles. The number of rotatable bonds is 7. The Kier molecular flexibility index (Phi) is 7.56. The van der Waals surface area contributed by atoms with Gasteiger partial charge in [-0.1, -0.05) is 5.11 Å². The first-order valence-corrected chi connectivity index (χ1v) is 4.63. The van der Waals surface area contributed by atoms with E-state index >= 15 is 0 Å². The molecule has 0 spiro atoms. The minimum Gasteiger partial charge on any atom is -0.468 e. The highest BCUT2D eigenvalue weighted by Gasteiger charge is 2.18. The molecule has 8 heteroatoms. The molecule has 0 aliphatic rings. The van der Waals surface area contributed by atoms with Crippen LogP contribution >= 0.6 is 0 Å². The first-order valence-electron chi connectivity index (χ1n) is 4.63. The van der Waals surface area contributed by atoms with E-state index in [0.717, 1.165) is 0 Å². The maximum Gasteiger partial charge on any atom is 0.323 e. The number of ether oxygens (including phenoxy) is 2. The summed E-state index contributed by atoms with van der Waals surface area (Å²) in [5.41, 5.74) is 8.12. The standard InChI is InChI=1S/C8H14N4O4/c1-3-16-7(13)5-10-6(4-11-12-9)8(14)15-2/h6,10H,3-5H2,1-2H3/t6-/m1/s1. The zero-order valence-electron chi connectivity index (χ0n) is 9.17. The van der Waals surface area contributed by atoms with E-state index in [1.54, 1.807) is 6.92 Å². The summed E-state index contributed by atoms with van der Waals surface area (Å²) in [5.74, 6) is -1.09. The van der Waals surface area contributed by atoms with E-state index in [2.05, 4.69) is 24.8 Å². The van der Waals surface area contributed by atoms with Crippen LogP contribution in [0.3, 0.4) is 0 Å². The fourth-order valence-electron chi connectivity index (χ4n) is 0.901. The maximum atomic E-state index is 11.2. The summed E-state index contributed by atoms with van der Waals surface area (Å²) in [6.45, 7) is 1.67. The molecule has 0 saturated carbocycles. The van der Waals surface area contributed by atoms with Crippen molar-refractivity contribution in [2.24, 2.45) is 5.11 Å². The quantitative estimate of drug-likeness (QED) is 0.286. The van der Waals surface area contributed by atoms with Crippen LogP contribution in [0.1, 0.15) is 6.92 Å². The normalized spacial score (nSPS) is 11.1. The van der Waals surface area contributed by atoms with Crippen molar-refractivity contribution >= 4 is 11.9 Å². The SMILES string of the molecule is CCOC(=O)CN[C@H](CN=[N+]=[N-])C(=O)OC. The van der Waals surface area contributed by atoms with Gasteiger partial charge in [-0.2, -0.15) is 0 Å². The number of methoxy groups -OCH3 is 1. The lowest BCUT2D eigenvalue weighted by Crippen LogP contribution is -2.42. The van der Waals surface area contributed by atoms with E-state index in [-0.39, 0.29) is 19.7 Å². The van der Waals surface area contributed by atoms with Gasteiger partial charge in [-0.05, 0) is 12.5 Å². The van der Waals surface area contributed by atoms with E-state index in [9.17, 15) is 9.59 Å². The third kappa shape index (κ3) is 5.84. The van der Waals surface area contributed by atoms with Gasteiger partial charge in [0.05, 0.1) is 26.8 Å². The van der Waals surface area contributed by atoms with Crippen LogP contribution in [0.2, 0.25) is 0 Å². The Hall–Kier alpha value is -1.79. The van der Waals surface area contributed by atoms with E-state index in [1.165, 1.54) is 7.11 Å². The molecule has 0 aromatic rings. The van der Waals surface area contributed by atoms with E-state index < -0.39 is 18.0 Å². The molecule has 90 valence electrons. The molecule has 0 bridgehead atoms. The lowest BCUT2D eigenvalue weighted by Gasteiger charge is -2.13. The van der Waals surface area contributed by atoms with Crippen LogP contribution in [-0.2, 0) is 19.1 Å². The summed E-state index contributed by atoms with van der Waals surface area (Å²) in [4.78, 5) is 24.7. The van der Waals surface area contributed by atoms with Crippen LogP contribution in [0.5, 0.6) is 0 Å². The van der Waals surface area contributed by atoms with Crippen molar-refractivity contribution in [3.05, 3.63) is 10.4 Å². The monoisotopic (exact) mass is 230 g/mol. The van der Waals surface area contributed by atoms with E-state index in [1.807, 2.05) is 0 Å². The Morgan fingerprint density at radius 3 is 2.75 bits per heavy atom. The highest BCUT2D eigenvalue weighted by atomic mass is 16.5. The zero-order chi connectivity index (χ0) is 12.4. The molecule has 0 saturated heterocycles. The Morgan fingerprint density at radius 1 is 1.56 bits per heavy atom. The van der Waals surface area contributed by atoms with Crippen LogP contribution in [0, 0.1) is 0 Å². The van der Waals surface area contributed by atoms with Crippen molar-refractivity contribution in [2.45, 2.75) is 13.0 Å². The van der Waals surface area contributed by atoms with Gasteiger partial charge in [-0.25, -0.2) is 0 Å². The Morgan fingerprint density at radius 2 is 2.25 bits per heavy atom. The largest absolute Gasteiger partial charge is 0.468 e. The third-order valence-corrected chi connectivity index (χ3v) is 1.61. The lowest BCUT2D eigenvalue weighted by atomic mass is 10.3. The third-order valence-electron chi connectivity index (χ3n) is 1.61. The number of esters is 2. The van der Waals surface area contributed by atoms with Crippen molar-refractivity contribution in [1.82, 2.24) is 5.32 Å². The summed E-state index contributed by atoms with van der Waals surface area (Å²) < 4.78 is 9.12. The number of hydrogen-bond donors (Lipinski definition) is 1. The average molecular weight is 230 g/mol.